The van der Waals surface area contributed by atoms with Crippen LogP contribution < -0.4 is 11.2 Å². The van der Waals surface area contributed by atoms with Crippen molar-refractivity contribution in [3.63, 3.8) is 0 Å². The summed E-state index contributed by atoms with van der Waals surface area (Å²) in [5, 5.41) is 10.5. The number of para-hydroxylation sites is 1. The van der Waals surface area contributed by atoms with E-state index >= 15 is 0 Å². The third-order valence-electron chi connectivity index (χ3n) is 1.57. The zero-order valence-corrected chi connectivity index (χ0v) is 7.70. The van der Waals surface area contributed by atoms with Crippen molar-refractivity contribution in [2.75, 3.05) is 25.3 Å². The summed E-state index contributed by atoms with van der Waals surface area (Å²) in [6.07, 6.45) is 0. The summed E-state index contributed by atoms with van der Waals surface area (Å²) < 4.78 is 0. The number of benzene rings is 1. The number of hydrogen-bond acceptors (Lipinski definition) is 4. The fourth-order valence-corrected chi connectivity index (χ4v) is 1.00. The molecular formula is C9H12N4. The molecule has 1 aromatic carbocycles. The van der Waals surface area contributed by atoms with Gasteiger partial charge in [-0.1, -0.05) is 6.07 Å². The van der Waals surface area contributed by atoms with Gasteiger partial charge in [-0.05, 0) is 12.1 Å². The van der Waals surface area contributed by atoms with Crippen molar-refractivity contribution in [3.8, 4) is 6.07 Å². The topological polar surface area (TPSA) is 65.1 Å². The molecule has 0 aromatic heterocycles. The molecule has 0 unspecified atom stereocenters. The molecule has 0 aliphatic carbocycles. The van der Waals surface area contributed by atoms with Gasteiger partial charge in [0.1, 0.15) is 6.07 Å². The van der Waals surface area contributed by atoms with Gasteiger partial charge in [0.15, 0.2) is 0 Å². The van der Waals surface area contributed by atoms with Crippen LogP contribution in [0.3, 0.4) is 0 Å². The molecule has 0 aliphatic heterocycles. The van der Waals surface area contributed by atoms with E-state index in [4.69, 9.17) is 11.0 Å². The van der Waals surface area contributed by atoms with Gasteiger partial charge in [0.25, 0.3) is 0 Å². The van der Waals surface area contributed by atoms with Crippen molar-refractivity contribution in [1.82, 2.24) is 5.01 Å². The predicted octanol–water partition coefficient (Wildman–Crippen LogP) is 1.03. The third kappa shape index (κ3) is 2.10. The third-order valence-corrected chi connectivity index (χ3v) is 1.57. The fraction of sp³-hybridized carbons (Fsp3) is 0.222. The number of nitrogens with zero attached hydrogens (tertiary/aromatic N) is 2. The predicted molar refractivity (Wildman–Crippen MR) is 52.9 cm³/mol. The van der Waals surface area contributed by atoms with Crippen LogP contribution in [0.15, 0.2) is 18.2 Å². The van der Waals surface area contributed by atoms with Crippen molar-refractivity contribution in [3.05, 3.63) is 23.8 Å². The van der Waals surface area contributed by atoms with Gasteiger partial charge in [-0.15, -0.1) is 0 Å². The number of hydrazine groups is 1. The fourth-order valence-electron chi connectivity index (χ4n) is 1.00. The maximum Gasteiger partial charge on any atom is 0.101 e. The first-order valence-electron chi connectivity index (χ1n) is 3.87. The number of nitrogens with two attached hydrogens (primary N) is 1. The SMILES string of the molecule is CN(C)Nc1cccc(C#N)c1N. The Balaban J connectivity index is 3.03. The average Bonchev–Trinajstić information content (AvgIpc) is 2.08. The highest BCUT2D eigenvalue weighted by molar-refractivity contribution is 5.72. The summed E-state index contributed by atoms with van der Waals surface area (Å²) in [5.41, 5.74) is 10.5. The molecule has 0 heterocycles. The molecule has 0 saturated heterocycles. The Morgan fingerprint density at radius 3 is 2.69 bits per heavy atom. The van der Waals surface area contributed by atoms with Crippen LogP contribution >= 0.6 is 0 Å². The molecule has 4 heteroatoms. The summed E-state index contributed by atoms with van der Waals surface area (Å²) in [5.74, 6) is 0. The van der Waals surface area contributed by atoms with E-state index in [0.29, 0.717) is 11.3 Å². The summed E-state index contributed by atoms with van der Waals surface area (Å²) in [6, 6.07) is 7.34. The molecular weight excluding hydrogens is 164 g/mol. The highest BCUT2D eigenvalue weighted by Gasteiger charge is 2.03. The molecule has 0 atom stereocenters. The van der Waals surface area contributed by atoms with E-state index in [1.807, 2.05) is 26.2 Å². The molecule has 3 N–H and O–H groups in total. The average molecular weight is 176 g/mol. The molecule has 0 saturated carbocycles. The number of anilines is 2. The minimum absolute atomic E-state index is 0.485. The maximum atomic E-state index is 8.71. The molecule has 1 rings (SSSR count). The zero-order valence-electron chi connectivity index (χ0n) is 7.70. The summed E-state index contributed by atoms with van der Waals surface area (Å²) in [7, 11) is 3.72. The lowest BCUT2D eigenvalue weighted by atomic mass is 10.2. The minimum atomic E-state index is 0.485. The van der Waals surface area contributed by atoms with E-state index in [-0.39, 0.29) is 0 Å². The largest absolute Gasteiger partial charge is 0.396 e. The number of rotatable bonds is 2. The Bertz CT molecular complexity index is 338. The summed E-state index contributed by atoms with van der Waals surface area (Å²) in [6.45, 7) is 0. The first kappa shape index (κ1) is 9.36. The summed E-state index contributed by atoms with van der Waals surface area (Å²) in [4.78, 5) is 0. The van der Waals surface area contributed by atoms with Gasteiger partial charge in [0.05, 0.1) is 16.9 Å². The van der Waals surface area contributed by atoms with Crippen molar-refractivity contribution < 1.29 is 0 Å². The minimum Gasteiger partial charge on any atom is -0.396 e. The van der Waals surface area contributed by atoms with Gasteiger partial charge in [0, 0.05) is 14.1 Å². The van der Waals surface area contributed by atoms with Gasteiger partial charge < -0.3 is 11.2 Å². The second-order valence-corrected chi connectivity index (χ2v) is 2.88. The molecule has 13 heavy (non-hydrogen) atoms. The lowest BCUT2D eigenvalue weighted by Gasteiger charge is -2.15. The maximum absolute atomic E-state index is 8.71. The summed E-state index contributed by atoms with van der Waals surface area (Å²) >= 11 is 0. The van der Waals surface area contributed by atoms with Crippen molar-refractivity contribution >= 4 is 11.4 Å². The second-order valence-electron chi connectivity index (χ2n) is 2.88. The number of nitrogens with one attached hydrogen (secondary N) is 1. The van der Waals surface area contributed by atoms with Crippen LogP contribution in [-0.4, -0.2) is 19.1 Å². The van der Waals surface area contributed by atoms with E-state index in [1.165, 1.54) is 0 Å². The van der Waals surface area contributed by atoms with E-state index < -0.39 is 0 Å². The Kier molecular flexibility index (Phi) is 2.72. The Morgan fingerprint density at radius 2 is 2.15 bits per heavy atom. The van der Waals surface area contributed by atoms with Crippen LogP contribution in [0.5, 0.6) is 0 Å². The zero-order chi connectivity index (χ0) is 9.84. The van der Waals surface area contributed by atoms with E-state index in [0.717, 1.165) is 5.69 Å². The number of hydrogen-bond donors (Lipinski definition) is 2. The van der Waals surface area contributed by atoms with Crippen LogP contribution in [0, 0.1) is 11.3 Å². The van der Waals surface area contributed by atoms with Crippen molar-refractivity contribution in [1.29, 1.82) is 5.26 Å². The van der Waals surface area contributed by atoms with Gasteiger partial charge >= 0.3 is 0 Å². The monoisotopic (exact) mass is 176 g/mol. The first-order valence-corrected chi connectivity index (χ1v) is 3.87. The standard InChI is InChI=1S/C9H12N4/c1-13(2)12-8-5-3-4-7(6-10)9(8)11/h3-5,12H,11H2,1-2H3. The second kappa shape index (κ2) is 3.78. The molecule has 68 valence electrons. The van der Waals surface area contributed by atoms with Crippen LogP contribution in [0.25, 0.3) is 0 Å². The van der Waals surface area contributed by atoms with Gasteiger partial charge in [-0.25, -0.2) is 5.01 Å². The van der Waals surface area contributed by atoms with Gasteiger partial charge in [-0.2, -0.15) is 5.26 Å². The van der Waals surface area contributed by atoms with E-state index in [1.54, 1.807) is 17.1 Å². The normalized spacial score (nSPS) is 9.69. The molecule has 0 fully saturated rings. The molecule has 0 bridgehead atoms. The Hall–Kier alpha value is -1.73. The smallest absolute Gasteiger partial charge is 0.101 e. The molecule has 0 spiro atoms. The quantitative estimate of drug-likeness (QED) is 0.521. The van der Waals surface area contributed by atoms with Gasteiger partial charge in [-0.3, -0.25) is 0 Å². The highest BCUT2D eigenvalue weighted by atomic mass is 15.5. The van der Waals surface area contributed by atoms with E-state index in [9.17, 15) is 0 Å². The van der Waals surface area contributed by atoms with Crippen LogP contribution in [0.4, 0.5) is 11.4 Å². The van der Waals surface area contributed by atoms with Crippen LogP contribution in [0.1, 0.15) is 5.56 Å². The highest BCUT2D eigenvalue weighted by Crippen LogP contribution is 2.21. The van der Waals surface area contributed by atoms with Crippen LogP contribution in [0.2, 0.25) is 0 Å². The molecule has 0 radical (unpaired) electrons. The van der Waals surface area contributed by atoms with Crippen LogP contribution in [-0.2, 0) is 0 Å². The van der Waals surface area contributed by atoms with Crippen molar-refractivity contribution in [2.24, 2.45) is 0 Å². The number of nitriles is 1. The van der Waals surface area contributed by atoms with Crippen molar-refractivity contribution in [2.45, 2.75) is 0 Å². The molecule has 1 aromatic rings. The molecule has 0 amide bonds. The Morgan fingerprint density at radius 1 is 1.46 bits per heavy atom. The Labute approximate surface area is 77.5 Å². The number of nitrogen functional groups attached to an aromatic ring is 1. The van der Waals surface area contributed by atoms with Gasteiger partial charge in [0.2, 0.25) is 0 Å². The molecule has 4 nitrogen and oxygen atoms in total. The lowest BCUT2D eigenvalue weighted by molar-refractivity contribution is 0.496. The lowest BCUT2D eigenvalue weighted by Crippen LogP contribution is -2.20. The first-order chi connectivity index (χ1) is 6.15. The molecule has 0 aliphatic rings. The van der Waals surface area contributed by atoms with E-state index in [2.05, 4.69) is 5.43 Å².